The highest BCUT2D eigenvalue weighted by atomic mass is 16.4. The highest BCUT2D eigenvalue weighted by molar-refractivity contribution is 5.93. The third-order valence-corrected chi connectivity index (χ3v) is 2.87. The van der Waals surface area contributed by atoms with E-state index in [9.17, 15) is 14.4 Å². The number of rotatable bonds is 5. The number of hydrogen-bond donors (Lipinski definition) is 5. The molecule has 1 aromatic heterocycles. The molecule has 1 amide bonds. The van der Waals surface area contributed by atoms with E-state index in [1.54, 1.807) is 0 Å². The molecule has 8 nitrogen and oxygen atoms in total. The molecular weight excluding hydrogens is 314 g/mol. The van der Waals surface area contributed by atoms with Crippen molar-refractivity contribution in [2.75, 3.05) is 11.9 Å². The Balaban J connectivity index is 0.000000307. The van der Waals surface area contributed by atoms with Crippen LogP contribution in [0.4, 0.5) is 5.69 Å². The van der Waals surface area contributed by atoms with Crippen LogP contribution in [0, 0.1) is 0 Å². The van der Waals surface area contributed by atoms with E-state index in [0.717, 1.165) is 23.0 Å². The van der Waals surface area contributed by atoms with Gasteiger partial charge >= 0.3 is 11.9 Å². The Morgan fingerprint density at radius 1 is 1.21 bits per heavy atom. The first-order valence-corrected chi connectivity index (χ1v) is 7.05. The molecule has 2 aromatic rings. The summed E-state index contributed by atoms with van der Waals surface area (Å²) in [7, 11) is 0. The smallest absolute Gasteiger partial charge is 0.328 e. The molecule has 0 fully saturated rings. The number of benzene rings is 1. The maximum atomic E-state index is 11.0. The van der Waals surface area contributed by atoms with E-state index in [4.69, 9.17) is 15.9 Å². The first kappa shape index (κ1) is 18.9. The molecule has 128 valence electrons. The third kappa shape index (κ3) is 6.32. The lowest BCUT2D eigenvalue weighted by molar-refractivity contribution is -0.134. The van der Waals surface area contributed by atoms with Crippen LogP contribution in [0.1, 0.15) is 12.5 Å². The summed E-state index contributed by atoms with van der Waals surface area (Å²) in [6, 6.07) is 5.81. The number of fused-ring (bicyclic) bond motifs is 1. The Morgan fingerprint density at radius 2 is 1.83 bits per heavy atom. The van der Waals surface area contributed by atoms with Gasteiger partial charge < -0.3 is 26.2 Å². The molecule has 2 rings (SSSR count). The minimum atomic E-state index is -1.26. The van der Waals surface area contributed by atoms with Crippen LogP contribution < -0.4 is 11.1 Å². The van der Waals surface area contributed by atoms with Crippen LogP contribution >= 0.6 is 0 Å². The van der Waals surface area contributed by atoms with Crippen LogP contribution in [0.5, 0.6) is 0 Å². The van der Waals surface area contributed by atoms with Gasteiger partial charge in [0.15, 0.2) is 0 Å². The second kappa shape index (κ2) is 9.11. The average molecular weight is 333 g/mol. The number of aliphatic carboxylic acids is 2. The number of aromatic amines is 1. The molecule has 0 spiro atoms. The molecule has 0 aliphatic carbocycles. The molecule has 0 bridgehead atoms. The lowest BCUT2D eigenvalue weighted by Gasteiger charge is -2.02. The largest absolute Gasteiger partial charge is 0.478 e. The van der Waals surface area contributed by atoms with E-state index in [2.05, 4.69) is 10.3 Å². The van der Waals surface area contributed by atoms with Crippen LogP contribution in [-0.2, 0) is 20.8 Å². The van der Waals surface area contributed by atoms with E-state index < -0.39 is 11.9 Å². The van der Waals surface area contributed by atoms with Crippen molar-refractivity contribution >= 4 is 34.4 Å². The van der Waals surface area contributed by atoms with Crippen molar-refractivity contribution < 1.29 is 24.6 Å². The van der Waals surface area contributed by atoms with E-state index in [1.165, 1.54) is 12.5 Å². The number of hydrogen-bond acceptors (Lipinski definition) is 4. The number of nitrogens with one attached hydrogen (secondary N) is 2. The summed E-state index contributed by atoms with van der Waals surface area (Å²) < 4.78 is 0. The molecule has 6 N–H and O–H groups in total. The van der Waals surface area contributed by atoms with E-state index in [0.29, 0.717) is 18.7 Å². The van der Waals surface area contributed by atoms with Gasteiger partial charge in [-0.25, -0.2) is 9.59 Å². The second-order valence-electron chi connectivity index (χ2n) is 4.80. The summed E-state index contributed by atoms with van der Waals surface area (Å²) in [6.07, 6.45) is 3.92. The van der Waals surface area contributed by atoms with Gasteiger partial charge in [-0.2, -0.15) is 0 Å². The quantitative estimate of drug-likeness (QED) is 0.522. The van der Waals surface area contributed by atoms with E-state index >= 15 is 0 Å². The van der Waals surface area contributed by atoms with E-state index in [-0.39, 0.29) is 5.91 Å². The van der Waals surface area contributed by atoms with Crippen molar-refractivity contribution in [3.8, 4) is 0 Å². The number of nitrogens with two attached hydrogens (primary N) is 1. The van der Waals surface area contributed by atoms with Crippen molar-refractivity contribution in [2.24, 2.45) is 5.73 Å². The number of H-pyrrole nitrogens is 1. The lowest BCUT2D eigenvalue weighted by Crippen LogP contribution is -2.05. The van der Waals surface area contributed by atoms with Crippen molar-refractivity contribution in [2.45, 2.75) is 13.3 Å². The Kier molecular flexibility index (Phi) is 7.18. The second-order valence-corrected chi connectivity index (χ2v) is 4.80. The van der Waals surface area contributed by atoms with Crippen LogP contribution in [0.2, 0.25) is 0 Å². The summed E-state index contributed by atoms with van der Waals surface area (Å²) in [4.78, 5) is 33.3. The molecule has 0 aliphatic heterocycles. The van der Waals surface area contributed by atoms with Gasteiger partial charge in [0, 0.05) is 41.9 Å². The van der Waals surface area contributed by atoms with Crippen molar-refractivity contribution in [3.63, 3.8) is 0 Å². The first-order valence-electron chi connectivity index (χ1n) is 7.05. The number of carbonyl (C=O) groups is 3. The maximum absolute atomic E-state index is 11.0. The third-order valence-electron chi connectivity index (χ3n) is 2.87. The topological polar surface area (TPSA) is 146 Å². The van der Waals surface area contributed by atoms with Gasteiger partial charge in [-0.15, -0.1) is 0 Å². The van der Waals surface area contributed by atoms with Crippen LogP contribution in [-0.4, -0.2) is 39.6 Å². The number of aromatic nitrogens is 1. The van der Waals surface area contributed by atoms with Gasteiger partial charge in [-0.3, -0.25) is 4.79 Å². The van der Waals surface area contributed by atoms with Gasteiger partial charge in [0.2, 0.25) is 5.91 Å². The Bertz CT molecular complexity index is 748. The molecule has 0 aliphatic rings. The van der Waals surface area contributed by atoms with E-state index in [1.807, 2.05) is 24.4 Å². The molecule has 24 heavy (non-hydrogen) atoms. The zero-order valence-electron chi connectivity index (χ0n) is 13.1. The minimum Gasteiger partial charge on any atom is -0.478 e. The van der Waals surface area contributed by atoms with Crippen molar-refractivity contribution in [3.05, 3.63) is 42.1 Å². The zero-order valence-corrected chi connectivity index (χ0v) is 13.1. The van der Waals surface area contributed by atoms with Crippen LogP contribution in [0.25, 0.3) is 10.9 Å². The summed E-state index contributed by atoms with van der Waals surface area (Å²) in [5.41, 5.74) is 8.62. The average Bonchev–Trinajstić information content (AvgIpc) is 2.88. The highest BCUT2D eigenvalue weighted by Crippen LogP contribution is 2.22. The predicted molar refractivity (Wildman–Crippen MR) is 89.8 cm³/mol. The zero-order chi connectivity index (χ0) is 18.1. The fourth-order valence-electron chi connectivity index (χ4n) is 1.96. The molecule has 0 unspecified atom stereocenters. The summed E-state index contributed by atoms with van der Waals surface area (Å²) in [6.45, 7) is 2.12. The van der Waals surface area contributed by atoms with Crippen molar-refractivity contribution in [1.82, 2.24) is 4.98 Å². The highest BCUT2D eigenvalue weighted by Gasteiger charge is 2.04. The SMILES string of the molecule is CC(=O)Nc1ccc2[nH]cc(CCN)c2c1.O=C(O)C=CC(=O)O. The summed E-state index contributed by atoms with van der Waals surface area (Å²) >= 11 is 0. The number of carboxylic acid groups (broad SMARTS) is 2. The molecule has 8 heteroatoms. The van der Waals surface area contributed by atoms with Gasteiger partial charge in [0.25, 0.3) is 0 Å². The molecule has 0 radical (unpaired) electrons. The number of carboxylic acids is 2. The molecular formula is C16H19N3O5. The molecule has 0 saturated heterocycles. The Hall–Kier alpha value is -3.13. The standard InChI is InChI=1S/C12H15N3O.C4H4O4/c1-8(16)15-10-2-3-12-11(6-10)9(4-5-13)7-14-12;5-3(6)1-2-4(7)8/h2-3,6-7,14H,4-5,13H2,1H3,(H,15,16);1-2H,(H,5,6)(H,7,8). The minimum absolute atomic E-state index is 0.0599. The predicted octanol–water partition coefficient (Wildman–Crippen LogP) is 1.34. The molecule has 1 aromatic carbocycles. The lowest BCUT2D eigenvalue weighted by atomic mass is 10.1. The number of amides is 1. The number of anilines is 1. The first-order chi connectivity index (χ1) is 11.3. The number of carbonyl (C=O) groups excluding carboxylic acids is 1. The molecule has 0 saturated carbocycles. The fourth-order valence-corrected chi connectivity index (χ4v) is 1.96. The normalized spacial score (nSPS) is 10.2. The van der Waals surface area contributed by atoms with Crippen molar-refractivity contribution in [1.29, 1.82) is 0 Å². The molecule has 0 atom stereocenters. The molecule has 1 heterocycles. The van der Waals surface area contributed by atoms with Gasteiger partial charge in [0.1, 0.15) is 0 Å². The fraction of sp³-hybridized carbons (Fsp3) is 0.188. The monoisotopic (exact) mass is 333 g/mol. The summed E-state index contributed by atoms with van der Waals surface area (Å²) in [5.74, 6) is -2.57. The van der Waals surface area contributed by atoms with Crippen LogP contribution in [0.15, 0.2) is 36.5 Å². The van der Waals surface area contributed by atoms with Gasteiger partial charge in [0.05, 0.1) is 0 Å². The summed E-state index contributed by atoms with van der Waals surface area (Å²) in [5, 5.41) is 19.5. The Morgan fingerprint density at radius 3 is 2.33 bits per heavy atom. The van der Waals surface area contributed by atoms with Gasteiger partial charge in [-0.1, -0.05) is 0 Å². The maximum Gasteiger partial charge on any atom is 0.328 e. The van der Waals surface area contributed by atoms with Gasteiger partial charge in [-0.05, 0) is 36.7 Å². The Labute approximate surface area is 138 Å². The van der Waals surface area contributed by atoms with Crippen LogP contribution in [0.3, 0.4) is 0 Å².